The number of nitrogens with one attached hydrogen (secondary N) is 2. The van der Waals surface area contributed by atoms with Crippen molar-refractivity contribution in [2.24, 2.45) is 9.98 Å². The van der Waals surface area contributed by atoms with E-state index < -0.39 is 0 Å². The minimum Gasteiger partial charge on any atom is -2.00 e. The number of hydrogen-bond acceptors (Lipinski definition) is 10. The van der Waals surface area contributed by atoms with Crippen LogP contribution in [0.4, 0.5) is 23.8 Å². The molecule has 0 bridgehead atoms. The van der Waals surface area contributed by atoms with Crippen molar-refractivity contribution in [3.05, 3.63) is 56.5 Å². The molecule has 4 aromatic rings. The van der Waals surface area contributed by atoms with Crippen molar-refractivity contribution in [2.75, 3.05) is 11.5 Å². The van der Waals surface area contributed by atoms with Gasteiger partial charge in [0.1, 0.15) is 0 Å². The first kappa shape index (κ1) is 28.8. The van der Waals surface area contributed by atoms with E-state index in [0.29, 0.717) is 11.1 Å². The van der Waals surface area contributed by atoms with Gasteiger partial charge in [0.05, 0.1) is 0 Å². The van der Waals surface area contributed by atoms with Crippen LogP contribution in [0.3, 0.4) is 0 Å². The SMILES string of the molecule is Nc1nc(/N=C/c2cc(Br)ccc2[O-])n[nH]1.Nc1nc(/N=C/c2cc(Br)ccc2[O-])n[nH]1.[O-2].[V+4]. The first-order valence-corrected chi connectivity index (χ1v) is 10.3. The number of halogens is 2. The Kier molecular flexibility index (Phi) is 11.4. The zero-order valence-corrected chi connectivity index (χ0v) is 21.5. The molecular formula is C18H14Br2N10O3V. The normalized spacial score (nSPS) is 10.4. The summed E-state index contributed by atoms with van der Waals surface area (Å²) < 4.78 is 1.62. The molecule has 4 rings (SSSR count). The minimum absolute atomic E-state index is 0. The zero-order chi connectivity index (χ0) is 23.1. The molecule has 13 nitrogen and oxygen atoms in total. The Hall–Kier alpha value is -3.24. The largest absolute Gasteiger partial charge is 4.00 e. The van der Waals surface area contributed by atoms with Crippen LogP contribution < -0.4 is 21.7 Å². The molecule has 0 fully saturated rings. The van der Waals surface area contributed by atoms with Gasteiger partial charge in [0.15, 0.2) is 0 Å². The number of nitrogen functional groups attached to an aromatic ring is 2. The van der Waals surface area contributed by atoms with Crippen LogP contribution in [-0.2, 0) is 24.0 Å². The summed E-state index contributed by atoms with van der Waals surface area (Å²) in [6.07, 6.45) is 2.80. The summed E-state index contributed by atoms with van der Waals surface area (Å²) in [5, 5.41) is 35.1. The topological polar surface area (TPSA) is 235 Å². The Morgan fingerprint density at radius 3 is 1.47 bits per heavy atom. The fraction of sp³-hybridized carbons (Fsp3) is 0. The standard InChI is InChI=1S/2C9H8BrN5O.O.V/c2*10-6-1-2-7(16)5(3-6)4-12-9-13-8(11)14-15-9;;/h2*1-4,16H,(H3,11,13,14,15);;/q;;-2;+4/p-2/b2*12-4+;;. The van der Waals surface area contributed by atoms with Gasteiger partial charge in [-0.1, -0.05) is 55.5 Å². The molecule has 0 aliphatic carbocycles. The molecule has 16 heteroatoms. The Bertz CT molecular complexity index is 1180. The third-order valence-corrected chi connectivity index (χ3v) is 4.55. The second-order valence-electron chi connectivity index (χ2n) is 5.92. The van der Waals surface area contributed by atoms with Crippen molar-refractivity contribution in [1.29, 1.82) is 0 Å². The number of aromatic amines is 2. The molecule has 2 heterocycles. The summed E-state index contributed by atoms with van der Waals surface area (Å²) >= 11 is 6.54. The number of hydrogen-bond donors (Lipinski definition) is 4. The van der Waals surface area contributed by atoms with Gasteiger partial charge in [-0.05, 0) is 35.4 Å². The zero-order valence-electron chi connectivity index (χ0n) is 16.9. The number of benzene rings is 2. The van der Waals surface area contributed by atoms with Crippen molar-refractivity contribution in [2.45, 2.75) is 0 Å². The average Bonchev–Trinajstić information content (AvgIpc) is 3.37. The van der Waals surface area contributed by atoms with Crippen molar-refractivity contribution in [1.82, 2.24) is 30.4 Å². The van der Waals surface area contributed by atoms with Gasteiger partial charge in [-0.15, -0.1) is 10.2 Å². The van der Waals surface area contributed by atoms with Crippen LogP contribution >= 0.6 is 31.9 Å². The van der Waals surface area contributed by atoms with E-state index in [-0.39, 0.29) is 59.3 Å². The monoisotopic (exact) mass is 627 g/mol. The molecule has 0 unspecified atom stereocenters. The Labute approximate surface area is 221 Å². The van der Waals surface area contributed by atoms with Crippen LogP contribution in [0.15, 0.2) is 55.3 Å². The summed E-state index contributed by atoms with van der Waals surface area (Å²) in [5.41, 5.74) is 11.6. The molecule has 34 heavy (non-hydrogen) atoms. The van der Waals surface area contributed by atoms with E-state index >= 15 is 0 Å². The van der Waals surface area contributed by atoms with Gasteiger partial charge in [0, 0.05) is 21.4 Å². The second kappa shape index (κ2) is 13.5. The van der Waals surface area contributed by atoms with Crippen LogP contribution in [0.2, 0.25) is 0 Å². The first-order valence-electron chi connectivity index (χ1n) is 8.67. The van der Waals surface area contributed by atoms with E-state index in [9.17, 15) is 10.2 Å². The van der Waals surface area contributed by atoms with E-state index in [1.54, 1.807) is 24.3 Å². The summed E-state index contributed by atoms with van der Waals surface area (Å²) in [5.74, 6) is 0.521. The van der Waals surface area contributed by atoms with E-state index in [4.69, 9.17) is 11.5 Å². The van der Waals surface area contributed by atoms with Gasteiger partial charge in [-0.25, -0.2) is 20.2 Å². The quantitative estimate of drug-likeness (QED) is 0.243. The van der Waals surface area contributed by atoms with Gasteiger partial charge >= 0.3 is 18.6 Å². The molecule has 2 aromatic heterocycles. The first-order chi connectivity index (χ1) is 15.3. The molecule has 0 aliphatic heterocycles. The van der Waals surface area contributed by atoms with Crippen molar-refractivity contribution in [3.8, 4) is 11.5 Å². The van der Waals surface area contributed by atoms with Crippen LogP contribution in [0.25, 0.3) is 0 Å². The van der Waals surface area contributed by atoms with Crippen molar-refractivity contribution >= 4 is 68.1 Å². The van der Waals surface area contributed by atoms with Crippen LogP contribution in [-0.4, -0.2) is 42.8 Å². The molecule has 6 N–H and O–H groups in total. The number of aliphatic imine (C=N–C) groups is 2. The van der Waals surface area contributed by atoms with Gasteiger partial charge < -0.3 is 27.2 Å². The number of H-pyrrole nitrogens is 2. The number of aromatic nitrogens is 6. The van der Waals surface area contributed by atoms with Crippen molar-refractivity contribution in [3.63, 3.8) is 0 Å². The van der Waals surface area contributed by atoms with Gasteiger partial charge in [-0.2, -0.15) is 9.97 Å². The number of anilines is 2. The van der Waals surface area contributed by atoms with E-state index in [2.05, 4.69) is 72.2 Å². The summed E-state index contributed by atoms with van der Waals surface area (Å²) in [6, 6.07) is 9.59. The van der Waals surface area contributed by atoms with Crippen LogP contribution in [0.1, 0.15) is 11.1 Å². The maximum atomic E-state index is 11.4. The predicted octanol–water partition coefficient (Wildman–Crippen LogP) is 1.83. The molecule has 0 saturated heterocycles. The summed E-state index contributed by atoms with van der Waals surface area (Å²) in [4.78, 5) is 15.4. The Balaban J connectivity index is 0.000000321. The van der Waals surface area contributed by atoms with Crippen molar-refractivity contribution < 1.29 is 34.2 Å². The fourth-order valence-corrected chi connectivity index (χ4v) is 2.90. The molecule has 0 saturated carbocycles. The van der Waals surface area contributed by atoms with Gasteiger partial charge in [0.25, 0.3) is 11.9 Å². The molecular weight excluding hydrogens is 615 g/mol. The summed E-state index contributed by atoms with van der Waals surface area (Å²) in [7, 11) is 0. The van der Waals surface area contributed by atoms with E-state index in [1.807, 2.05) is 0 Å². The second-order valence-corrected chi connectivity index (χ2v) is 7.75. The maximum absolute atomic E-state index is 11.4. The number of nitrogens with zero attached hydrogens (tertiary/aromatic N) is 6. The third kappa shape index (κ3) is 8.60. The molecule has 0 aliphatic rings. The Morgan fingerprint density at radius 1 is 0.765 bits per heavy atom. The maximum Gasteiger partial charge on any atom is 4.00 e. The molecule has 0 amide bonds. The number of rotatable bonds is 4. The van der Waals surface area contributed by atoms with Gasteiger partial charge in [0.2, 0.25) is 11.9 Å². The third-order valence-electron chi connectivity index (χ3n) is 3.56. The molecule has 0 atom stereocenters. The smallest absolute Gasteiger partial charge is 2.00 e. The van der Waals surface area contributed by atoms with E-state index in [1.165, 1.54) is 24.6 Å². The van der Waals surface area contributed by atoms with Crippen LogP contribution in [0, 0.1) is 0 Å². The molecule has 1 radical (unpaired) electrons. The molecule has 0 spiro atoms. The van der Waals surface area contributed by atoms with Gasteiger partial charge in [-0.3, -0.25) is 0 Å². The molecule has 173 valence electrons. The fourth-order valence-electron chi connectivity index (χ4n) is 2.14. The summed E-state index contributed by atoms with van der Waals surface area (Å²) in [6.45, 7) is 0. The molecule has 2 aromatic carbocycles. The Morgan fingerprint density at radius 2 is 1.15 bits per heavy atom. The average molecular weight is 629 g/mol. The minimum atomic E-state index is -0.115. The van der Waals surface area contributed by atoms with E-state index in [0.717, 1.165) is 8.95 Å². The predicted molar refractivity (Wildman–Crippen MR) is 124 cm³/mol. The van der Waals surface area contributed by atoms with Crippen LogP contribution in [0.5, 0.6) is 11.5 Å². The number of nitrogens with two attached hydrogens (primary N) is 2.